The van der Waals surface area contributed by atoms with Gasteiger partial charge in [0.1, 0.15) is 10.6 Å². The summed E-state index contributed by atoms with van der Waals surface area (Å²) in [7, 11) is -0.0206. The van der Waals surface area contributed by atoms with Crippen LogP contribution in [0.3, 0.4) is 0 Å². The maximum Gasteiger partial charge on any atom is 0.242 e. The Balaban J connectivity index is 2.06. The minimum Gasteiger partial charge on any atom is -0.497 e. The van der Waals surface area contributed by atoms with Crippen molar-refractivity contribution in [2.75, 3.05) is 39.5 Å². The number of nitrogen functional groups attached to an aromatic ring is 1. The molecule has 1 aliphatic heterocycles. The van der Waals surface area contributed by atoms with Crippen molar-refractivity contribution in [3.8, 4) is 5.75 Å². The van der Waals surface area contributed by atoms with E-state index in [1.807, 2.05) is 7.05 Å². The molecule has 0 amide bonds. The number of nitrogens with two attached hydrogens (primary N) is 1. The van der Waals surface area contributed by atoms with Gasteiger partial charge in [-0.2, -0.15) is 0 Å². The van der Waals surface area contributed by atoms with E-state index in [1.165, 1.54) is 19.2 Å². The number of methoxy groups -OCH3 is 1. The number of hydrogen-bond acceptors (Lipinski definition) is 5. The van der Waals surface area contributed by atoms with E-state index in [0.717, 1.165) is 19.5 Å². The molecule has 1 fully saturated rings. The predicted molar refractivity (Wildman–Crippen MR) is 78.2 cm³/mol. The van der Waals surface area contributed by atoms with Gasteiger partial charge in [-0.3, -0.25) is 0 Å². The van der Waals surface area contributed by atoms with Crippen LogP contribution in [-0.4, -0.2) is 47.1 Å². The fourth-order valence-corrected chi connectivity index (χ4v) is 3.62. The Morgan fingerprint density at radius 2 is 2.25 bits per heavy atom. The molecule has 0 radical (unpaired) electrons. The van der Waals surface area contributed by atoms with E-state index in [1.54, 1.807) is 6.07 Å². The standard InChI is InChI=1S/C13H21N3O3S/c1-16-6-5-10(9-16)8-15-20(17,18)13-4-3-11(19-2)7-12(13)14/h3-4,7,10,15H,5-6,8-9,14H2,1-2H3. The lowest BCUT2D eigenvalue weighted by Crippen LogP contribution is -2.31. The van der Waals surface area contributed by atoms with Gasteiger partial charge >= 0.3 is 0 Å². The maximum atomic E-state index is 12.2. The number of rotatable bonds is 5. The van der Waals surface area contributed by atoms with E-state index in [0.29, 0.717) is 18.2 Å². The second kappa shape index (κ2) is 5.99. The molecule has 2 rings (SSSR count). The van der Waals surface area contributed by atoms with Crippen LogP contribution in [0.5, 0.6) is 5.75 Å². The zero-order valence-corrected chi connectivity index (χ0v) is 12.6. The number of anilines is 1. The van der Waals surface area contributed by atoms with Crippen LogP contribution in [0, 0.1) is 5.92 Å². The Hall–Kier alpha value is -1.31. The van der Waals surface area contributed by atoms with Gasteiger partial charge in [-0.15, -0.1) is 0 Å². The van der Waals surface area contributed by atoms with Gasteiger partial charge in [0.25, 0.3) is 0 Å². The van der Waals surface area contributed by atoms with Crippen molar-refractivity contribution in [3.05, 3.63) is 18.2 Å². The third-order valence-electron chi connectivity index (χ3n) is 3.56. The Kier molecular flexibility index (Phi) is 4.52. The van der Waals surface area contributed by atoms with Crippen LogP contribution in [0.2, 0.25) is 0 Å². The quantitative estimate of drug-likeness (QED) is 0.774. The van der Waals surface area contributed by atoms with E-state index in [-0.39, 0.29) is 10.6 Å². The molecule has 1 atom stereocenters. The molecule has 1 aromatic rings. The number of nitrogens with one attached hydrogen (secondary N) is 1. The van der Waals surface area contributed by atoms with Crippen LogP contribution in [0.1, 0.15) is 6.42 Å². The normalized spacial score (nSPS) is 20.2. The van der Waals surface area contributed by atoms with Crippen LogP contribution in [-0.2, 0) is 10.0 Å². The average Bonchev–Trinajstić information content (AvgIpc) is 2.82. The summed E-state index contributed by atoms with van der Waals surface area (Å²) in [5, 5.41) is 0. The highest BCUT2D eigenvalue weighted by atomic mass is 32.2. The Morgan fingerprint density at radius 1 is 1.50 bits per heavy atom. The second-order valence-electron chi connectivity index (χ2n) is 5.17. The molecule has 1 aliphatic rings. The Bertz CT molecular complexity index is 574. The molecule has 20 heavy (non-hydrogen) atoms. The minimum absolute atomic E-state index is 0.102. The van der Waals surface area contributed by atoms with E-state index in [9.17, 15) is 8.42 Å². The number of nitrogens with zero attached hydrogens (tertiary/aromatic N) is 1. The maximum absolute atomic E-state index is 12.2. The molecule has 7 heteroatoms. The molecule has 1 saturated heterocycles. The van der Waals surface area contributed by atoms with Crippen molar-refractivity contribution in [1.82, 2.24) is 9.62 Å². The van der Waals surface area contributed by atoms with E-state index < -0.39 is 10.0 Å². The fraction of sp³-hybridized carbons (Fsp3) is 0.538. The first-order valence-corrected chi connectivity index (χ1v) is 8.02. The smallest absolute Gasteiger partial charge is 0.242 e. The molecular weight excluding hydrogens is 278 g/mol. The average molecular weight is 299 g/mol. The Labute approximate surface area is 120 Å². The van der Waals surface area contributed by atoms with Gasteiger partial charge in [0.2, 0.25) is 10.0 Å². The van der Waals surface area contributed by atoms with Gasteiger partial charge in [0.15, 0.2) is 0 Å². The van der Waals surface area contributed by atoms with Crippen LogP contribution in [0.4, 0.5) is 5.69 Å². The molecule has 0 aromatic heterocycles. The third-order valence-corrected chi connectivity index (χ3v) is 5.05. The summed E-state index contributed by atoms with van der Waals surface area (Å²) in [5.41, 5.74) is 5.98. The summed E-state index contributed by atoms with van der Waals surface area (Å²) in [6, 6.07) is 4.57. The summed E-state index contributed by atoms with van der Waals surface area (Å²) in [4.78, 5) is 2.30. The summed E-state index contributed by atoms with van der Waals surface area (Å²) in [6.45, 7) is 2.37. The lowest BCUT2D eigenvalue weighted by molar-refractivity contribution is 0.394. The monoisotopic (exact) mass is 299 g/mol. The zero-order chi connectivity index (χ0) is 14.8. The molecule has 0 bridgehead atoms. The number of hydrogen-bond donors (Lipinski definition) is 2. The highest BCUT2D eigenvalue weighted by Crippen LogP contribution is 2.24. The molecule has 0 saturated carbocycles. The Morgan fingerprint density at radius 3 is 2.80 bits per heavy atom. The third kappa shape index (κ3) is 3.41. The topological polar surface area (TPSA) is 84.7 Å². The van der Waals surface area contributed by atoms with Crippen molar-refractivity contribution in [1.29, 1.82) is 0 Å². The van der Waals surface area contributed by atoms with Gasteiger partial charge in [0, 0.05) is 19.2 Å². The zero-order valence-electron chi connectivity index (χ0n) is 11.8. The highest BCUT2D eigenvalue weighted by molar-refractivity contribution is 7.89. The fourth-order valence-electron chi connectivity index (χ4n) is 2.40. The van der Waals surface area contributed by atoms with E-state index in [2.05, 4.69) is 9.62 Å². The number of sulfonamides is 1. The van der Waals surface area contributed by atoms with E-state index >= 15 is 0 Å². The van der Waals surface area contributed by atoms with Gasteiger partial charge in [-0.25, -0.2) is 13.1 Å². The largest absolute Gasteiger partial charge is 0.497 e. The first kappa shape index (κ1) is 15.1. The first-order chi connectivity index (χ1) is 9.42. The van der Waals surface area contributed by atoms with Crippen LogP contribution in [0.25, 0.3) is 0 Å². The summed E-state index contributed by atoms with van der Waals surface area (Å²) >= 11 is 0. The van der Waals surface area contributed by atoms with Crippen molar-refractivity contribution >= 4 is 15.7 Å². The van der Waals surface area contributed by atoms with Crippen LogP contribution >= 0.6 is 0 Å². The second-order valence-corrected chi connectivity index (χ2v) is 6.91. The summed E-state index contributed by atoms with van der Waals surface area (Å²) in [5.74, 6) is 0.896. The molecule has 6 nitrogen and oxygen atoms in total. The van der Waals surface area contributed by atoms with Crippen molar-refractivity contribution in [2.24, 2.45) is 5.92 Å². The lowest BCUT2D eigenvalue weighted by atomic mass is 10.1. The molecule has 1 unspecified atom stereocenters. The summed E-state index contributed by atoms with van der Waals surface area (Å²) in [6.07, 6.45) is 1.01. The molecule has 0 spiro atoms. The highest BCUT2D eigenvalue weighted by Gasteiger charge is 2.23. The van der Waals surface area contributed by atoms with Gasteiger partial charge in [0.05, 0.1) is 12.8 Å². The molecule has 1 heterocycles. The van der Waals surface area contributed by atoms with Gasteiger partial charge in [-0.1, -0.05) is 0 Å². The first-order valence-electron chi connectivity index (χ1n) is 6.54. The molecule has 0 aliphatic carbocycles. The lowest BCUT2D eigenvalue weighted by Gasteiger charge is -2.13. The van der Waals surface area contributed by atoms with Gasteiger partial charge < -0.3 is 15.4 Å². The minimum atomic E-state index is -3.57. The molecule has 112 valence electrons. The van der Waals surface area contributed by atoms with Crippen molar-refractivity contribution in [2.45, 2.75) is 11.3 Å². The van der Waals surface area contributed by atoms with Crippen LogP contribution < -0.4 is 15.2 Å². The number of likely N-dealkylation sites (tertiary alicyclic amines) is 1. The molecular formula is C13H21N3O3S. The van der Waals surface area contributed by atoms with Crippen LogP contribution in [0.15, 0.2) is 23.1 Å². The van der Waals surface area contributed by atoms with Gasteiger partial charge in [-0.05, 0) is 38.1 Å². The number of ether oxygens (including phenoxy) is 1. The summed E-state index contributed by atoms with van der Waals surface area (Å²) < 4.78 is 32.1. The van der Waals surface area contributed by atoms with Crippen molar-refractivity contribution in [3.63, 3.8) is 0 Å². The molecule has 3 N–H and O–H groups in total. The number of benzene rings is 1. The molecule has 1 aromatic carbocycles. The van der Waals surface area contributed by atoms with Crippen molar-refractivity contribution < 1.29 is 13.2 Å². The van der Waals surface area contributed by atoms with E-state index in [4.69, 9.17) is 10.5 Å². The SMILES string of the molecule is COc1ccc(S(=O)(=O)NCC2CCN(C)C2)c(N)c1. The predicted octanol–water partition coefficient (Wildman–Crippen LogP) is 0.507.